The molecule has 0 bridgehead atoms. The SMILES string of the molecule is CC1(C)C[C@@H](CC(=O)N2CCc3nc([C@H]4CCCCN4)ncc3C2)C(=O)O1. The molecule has 3 aliphatic rings. The Balaban J connectivity index is 1.39. The molecule has 146 valence electrons. The molecule has 2 fully saturated rings. The minimum Gasteiger partial charge on any atom is -0.459 e. The Morgan fingerprint density at radius 3 is 2.96 bits per heavy atom. The largest absolute Gasteiger partial charge is 0.459 e. The number of nitrogens with one attached hydrogen (secondary N) is 1. The van der Waals surface area contributed by atoms with E-state index in [2.05, 4.69) is 10.3 Å². The summed E-state index contributed by atoms with van der Waals surface area (Å²) in [5.74, 6) is 0.311. The van der Waals surface area contributed by atoms with E-state index in [0.29, 0.717) is 19.5 Å². The van der Waals surface area contributed by atoms with E-state index in [1.165, 1.54) is 12.8 Å². The van der Waals surface area contributed by atoms with Gasteiger partial charge in [-0.05, 0) is 33.2 Å². The van der Waals surface area contributed by atoms with Crippen molar-refractivity contribution in [1.29, 1.82) is 0 Å². The van der Waals surface area contributed by atoms with Crippen LogP contribution in [-0.2, 0) is 27.3 Å². The molecule has 7 nitrogen and oxygen atoms in total. The first-order chi connectivity index (χ1) is 12.9. The van der Waals surface area contributed by atoms with Gasteiger partial charge >= 0.3 is 5.97 Å². The van der Waals surface area contributed by atoms with Gasteiger partial charge in [-0.1, -0.05) is 6.42 Å². The maximum absolute atomic E-state index is 12.7. The van der Waals surface area contributed by atoms with Crippen LogP contribution >= 0.6 is 0 Å². The summed E-state index contributed by atoms with van der Waals surface area (Å²) < 4.78 is 5.34. The number of esters is 1. The molecule has 1 N–H and O–H groups in total. The van der Waals surface area contributed by atoms with Crippen molar-refractivity contribution in [2.75, 3.05) is 13.1 Å². The van der Waals surface area contributed by atoms with Gasteiger partial charge in [0.2, 0.25) is 5.91 Å². The molecule has 2 saturated heterocycles. The minimum absolute atomic E-state index is 0.0123. The van der Waals surface area contributed by atoms with Gasteiger partial charge in [0.25, 0.3) is 0 Å². The van der Waals surface area contributed by atoms with E-state index < -0.39 is 5.60 Å². The zero-order valence-electron chi connectivity index (χ0n) is 16.2. The molecule has 1 aromatic heterocycles. The maximum atomic E-state index is 12.7. The van der Waals surface area contributed by atoms with E-state index in [0.717, 1.165) is 36.5 Å². The maximum Gasteiger partial charge on any atom is 0.310 e. The normalized spacial score (nSPS) is 27.2. The number of aromatic nitrogens is 2. The zero-order chi connectivity index (χ0) is 19.0. The molecule has 0 unspecified atom stereocenters. The number of amides is 1. The number of hydrogen-bond donors (Lipinski definition) is 1. The molecule has 1 amide bonds. The van der Waals surface area contributed by atoms with Crippen molar-refractivity contribution in [2.45, 2.75) is 70.6 Å². The van der Waals surface area contributed by atoms with E-state index >= 15 is 0 Å². The molecular weight excluding hydrogens is 344 g/mol. The highest BCUT2D eigenvalue weighted by molar-refractivity contribution is 5.84. The van der Waals surface area contributed by atoms with Crippen molar-refractivity contribution in [1.82, 2.24) is 20.2 Å². The minimum atomic E-state index is -0.464. The summed E-state index contributed by atoms with van der Waals surface area (Å²) in [6.45, 7) is 5.97. The first-order valence-electron chi connectivity index (χ1n) is 10.00. The second-order valence-corrected chi connectivity index (χ2v) is 8.55. The highest BCUT2D eigenvalue weighted by Gasteiger charge is 2.41. The van der Waals surface area contributed by atoms with Crippen molar-refractivity contribution in [3.63, 3.8) is 0 Å². The predicted molar refractivity (Wildman–Crippen MR) is 98.6 cm³/mol. The second-order valence-electron chi connectivity index (χ2n) is 8.55. The van der Waals surface area contributed by atoms with Gasteiger partial charge in [-0.15, -0.1) is 0 Å². The van der Waals surface area contributed by atoms with Crippen molar-refractivity contribution in [3.05, 3.63) is 23.3 Å². The lowest BCUT2D eigenvalue weighted by molar-refractivity contribution is -0.150. The smallest absolute Gasteiger partial charge is 0.310 e. The summed E-state index contributed by atoms with van der Waals surface area (Å²) in [7, 11) is 0. The number of piperidine rings is 1. The lowest BCUT2D eigenvalue weighted by Crippen LogP contribution is -2.38. The molecule has 0 aromatic carbocycles. The first-order valence-corrected chi connectivity index (χ1v) is 10.00. The highest BCUT2D eigenvalue weighted by atomic mass is 16.6. The first kappa shape index (κ1) is 18.3. The van der Waals surface area contributed by atoms with E-state index in [1.54, 1.807) is 0 Å². The molecule has 7 heteroatoms. The van der Waals surface area contributed by atoms with Crippen LogP contribution in [-0.4, -0.2) is 45.4 Å². The van der Waals surface area contributed by atoms with Gasteiger partial charge in [-0.3, -0.25) is 9.59 Å². The summed E-state index contributed by atoms with van der Waals surface area (Å²) in [5.41, 5.74) is 1.61. The monoisotopic (exact) mass is 372 g/mol. The lowest BCUT2D eigenvalue weighted by Gasteiger charge is -2.30. The van der Waals surface area contributed by atoms with Crippen LogP contribution in [0.25, 0.3) is 0 Å². The van der Waals surface area contributed by atoms with Crippen LogP contribution < -0.4 is 5.32 Å². The quantitative estimate of drug-likeness (QED) is 0.816. The Labute approximate surface area is 159 Å². The topological polar surface area (TPSA) is 84.4 Å². The molecule has 0 saturated carbocycles. The van der Waals surface area contributed by atoms with Crippen LogP contribution in [0.2, 0.25) is 0 Å². The van der Waals surface area contributed by atoms with E-state index in [9.17, 15) is 9.59 Å². The van der Waals surface area contributed by atoms with Crippen molar-refractivity contribution in [2.24, 2.45) is 5.92 Å². The molecule has 4 rings (SSSR count). The summed E-state index contributed by atoms with van der Waals surface area (Å²) >= 11 is 0. The van der Waals surface area contributed by atoms with Crippen LogP contribution in [0.4, 0.5) is 0 Å². The third-order valence-corrected chi connectivity index (χ3v) is 5.80. The Morgan fingerprint density at radius 2 is 2.26 bits per heavy atom. The molecule has 0 radical (unpaired) electrons. The van der Waals surface area contributed by atoms with Gasteiger partial charge in [0.1, 0.15) is 11.4 Å². The summed E-state index contributed by atoms with van der Waals surface area (Å²) in [6, 6.07) is 0.250. The average molecular weight is 372 g/mol. The molecule has 2 atom stereocenters. The standard InChI is InChI=1S/C20H28N4O3/c1-20(2)10-13(19(26)27-20)9-17(25)24-8-6-15-14(12-24)11-22-18(23-15)16-5-3-4-7-21-16/h11,13,16,21H,3-10,12H2,1-2H3/t13-,16-/m1/s1. The number of ether oxygens (including phenoxy) is 1. The average Bonchev–Trinajstić information content (AvgIpc) is 2.92. The van der Waals surface area contributed by atoms with Gasteiger partial charge in [0.15, 0.2) is 0 Å². The van der Waals surface area contributed by atoms with Crippen molar-refractivity contribution in [3.8, 4) is 0 Å². The Bertz CT molecular complexity index is 743. The number of carbonyl (C=O) groups is 2. The Hall–Kier alpha value is -2.02. The highest BCUT2D eigenvalue weighted by Crippen LogP contribution is 2.33. The zero-order valence-corrected chi connectivity index (χ0v) is 16.2. The number of cyclic esters (lactones) is 1. The fourth-order valence-corrected chi connectivity index (χ4v) is 4.35. The summed E-state index contributed by atoms with van der Waals surface area (Å²) in [5, 5.41) is 3.49. The van der Waals surface area contributed by atoms with E-state index in [4.69, 9.17) is 9.72 Å². The molecule has 3 aliphatic heterocycles. The van der Waals surface area contributed by atoms with E-state index in [-0.39, 0.29) is 30.3 Å². The molecule has 4 heterocycles. The van der Waals surface area contributed by atoms with Crippen molar-refractivity contribution >= 4 is 11.9 Å². The van der Waals surface area contributed by atoms with Crippen LogP contribution in [0.3, 0.4) is 0 Å². The van der Waals surface area contributed by atoms with Crippen LogP contribution in [0.15, 0.2) is 6.20 Å². The number of carbonyl (C=O) groups excluding carboxylic acids is 2. The number of hydrogen-bond acceptors (Lipinski definition) is 6. The summed E-state index contributed by atoms with van der Waals surface area (Å²) in [6.07, 6.45) is 6.94. The van der Waals surface area contributed by atoms with Gasteiger partial charge in [0, 0.05) is 44.1 Å². The Morgan fingerprint density at radius 1 is 1.41 bits per heavy atom. The number of fused-ring (bicyclic) bond motifs is 1. The third kappa shape index (κ3) is 3.98. The number of nitrogens with zero attached hydrogens (tertiary/aromatic N) is 3. The molecule has 27 heavy (non-hydrogen) atoms. The predicted octanol–water partition coefficient (Wildman–Crippen LogP) is 1.91. The number of rotatable bonds is 3. The lowest BCUT2D eigenvalue weighted by atomic mass is 9.94. The molecule has 1 aromatic rings. The van der Waals surface area contributed by atoms with Gasteiger partial charge in [-0.2, -0.15) is 0 Å². The molecule has 0 spiro atoms. The fraction of sp³-hybridized carbons (Fsp3) is 0.700. The Kier molecular flexibility index (Phi) is 4.88. The summed E-state index contributed by atoms with van der Waals surface area (Å²) in [4.78, 5) is 35.8. The van der Waals surface area contributed by atoms with Crippen LogP contribution in [0.5, 0.6) is 0 Å². The third-order valence-electron chi connectivity index (χ3n) is 5.80. The molecule has 0 aliphatic carbocycles. The van der Waals surface area contributed by atoms with Crippen LogP contribution in [0.1, 0.15) is 69.1 Å². The van der Waals surface area contributed by atoms with Gasteiger partial charge in [-0.25, -0.2) is 9.97 Å². The fourth-order valence-electron chi connectivity index (χ4n) is 4.35. The van der Waals surface area contributed by atoms with Crippen LogP contribution in [0, 0.1) is 5.92 Å². The van der Waals surface area contributed by atoms with Gasteiger partial charge < -0.3 is 15.0 Å². The molecular formula is C20H28N4O3. The second kappa shape index (κ2) is 7.19. The van der Waals surface area contributed by atoms with E-state index in [1.807, 2.05) is 24.9 Å². The van der Waals surface area contributed by atoms with Crippen molar-refractivity contribution < 1.29 is 14.3 Å². The van der Waals surface area contributed by atoms with Gasteiger partial charge in [0.05, 0.1) is 17.7 Å².